The number of aliphatic hydroxyl groups is 1. The van der Waals surface area contributed by atoms with E-state index in [1.54, 1.807) is 0 Å². The lowest BCUT2D eigenvalue weighted by atomic mass is 9.78. The zero-order chi connectivity index (χ0) is 13.2. The van der Waals surface area contributed by atoms with Crippen molar-refractivity contribution in [3.8, 4) is 0 Å². The fraction of sp³-hybridized carbons (Fsp3) is 1.00. The van der Waals surface area contributed by atoms with Gasteiger partial charge in [0, 0.05) is 18.3 Å². The first-order chi connectivity index (χ1) is 8.41. The van der Waals surface area contributed by atoms with Crippen molar-refractivity contribution in [1.29, 1.82) is 0 Å². The summed E-state index contributed by atoms with van der Waals surface area (Å²) in [5.74, 6) is 3.28. The van der Waals surface area contributed by atoms with Gasteiger partial charge in [-0.25, -0.2) is 0 Å². The second-order valence-electron chi connectivity index (χ2n) is 7.15. The van der Waals surface area contributed by atoms with Gasteiger partial charge in [0.15, 0.2) is 0 Å². The summed E-state index contributed by atoms with van der Waals surface area (Å²) in [5.41, 5.74) is -0.0612. The van der Waals surface area contributed by atoms with Crippen LogP contribution in [0.25, 0.3) is 0 Å². The fourth-order valence-electron chi connectivity index (χ4n) is 3.06. The van der Waals surface area contributed by atoms with Gasteiger partial charge in [-0.2, -0.15) is 11.8 Å². The minimum absolute atomic E-state index is 0.379. The topological polar surface area (TPSA) is 32.3 Å². The van der Waals surface area contributed by atoms with Gasteiger partial charge in [0.1, 0.15) is 0 Å². The SMILES string of the molecule is CC1CCC(O)(CNC2CSCCC2(C)C)CC1. The molecule has 18 heavy (non-hydrogen) atoms. The third-order valence-corrected chi connectivity index (χ3v) is 6.06. The maximum absolute atomic E-state index is 10.6. The van der Waals surface area contributed by atoms with E-state index >= 15 is 0 Å². The highest BCUT2D eigenvalue weighted by Gasteiger charge is 2.36. The lowest BCUT2D eigenvalue weighted by Gasteiger charge is -2.42. The van der Waals surface area contributed by atoms with Crippen molar-refractivity contribution in [2.75, 3.05) is 18.1 Å². The maximum Gasteiger partial charge on any atom is 0.0771 e. The molecule has 0 amide bonds. The Morgan fingerprint density at radius 3 is 2.50 bits per heavy atom. The van der Waals surface area contributed by atoms with E-state index in [4.69, 9.17) is 0 Å². The van der Waals surface area contributed by atoms with Crippen molar-refractivity contribution in [1.82, 2.24) is 5.32 Å². The van der Waals surface area contributed by atoms with E-state index in [1.165, 1.54) is 30.8 Å². The number of nitrogens with one attached hydrogen (secondary N) is 1. The van der Waals surface area contributed by atoms with Crippen LogP contribution < -0.4 is 5.32 Å². The summed E-state index contributed by atoms with van der Waals surface area (Å²) in [5, 5.41) is 14.3. The van der Waals surface area contributed by atoms with Crippen molar-refractivity contribution in [2.24, 2.45) is 11.3 Å². The van der Waals surface area contributed by atoms with Crippen LogP contribution in [0.5, 0.6) is 0 Å². The highest BCUT2D eigenvalue weighted by atomic mass is 32.2. The highest BCUT2D eigenvalue weighted by molar-refractivity contribution is 7.99. The molecule has 1 unspecified atom stereocenters. The predicted octanol–water partition coefficient (Wildman–Crippen LogP) is 3.05. The highest BCUT2D eigenvalue weighted by Crippen LogP contribution is 2.35. The molecule has 0 aromatic carbocycles. The Labute approximate surface area is 116 Å². The summed E-state index contributed by atoms with van der Waals surface area (Å²) in [6, 6.07) is 0.555. The molecular weight excluding hydrogens is 242 g/mol. The van der Waals surface area contributed by atoms with Crippen LogP contribution in [-0.4, -0.2) is 34.8 Å². The average molecular weight is 271 g/mol. The van der Waals surface area contributed by atoms with E-state index < -0.39 is 5.60 Å². The predicted molar refractivity (Wildman–Crippen MR) is 80.1 cm³/mol. The molecule has 2 rings (SSSR count). The van der Waals surface area contributed by atoms with Crippen LogP contribution in [0.1, 0.15) is 52.9 Å². The molecule has 1 aliphatic carbocycles. The minimum Gasteiger partial charge on any atom is -0.389 e. The first kappa shape index (κ1) is 14.7. The number of hydrogen-bond acceptors (Lipinski definition) is 3. The van der Waals surface area contributed by atoms with E-state index in [1.807, 2.05) is 11.8 Å². The molecule has 1 atom stereocenters. The van der Waals surface area contributed by atoms with Crippen molar-refractivity contribution in [3.63, 3.8) is 0 Å². The largest absolute Gasteiger partial charge is 0.389 e. The molecular formula is C15H29NOS. The molecule has 2 fully saturated rings. The summed E-state index contributed by atoms with van der Waals surface area (Å²) >= 11 is 2.05. The Morgan fingerprint density at radius 1 is 1.22 bits per heavy atom. The smallest absolute Gasteiger partial charge is 0.0771 e. The number of hydrogen-bond donors (Lipinski definition) is 2. The molecule has 0 aromatic rings. The van der Waals surface area contributed by atoms with Gasteiger partial charge in [0.2, 0.25) is 0 Å². The van der Waals surface area contributed by atoms with Gasteiger partial charge < -0.3 is 10.4 Å². The van der Waals surface area contributed by atoms with E-state index in [9.17, 15) is 5.11 Å². The second-order valence-corrected chi connectivity index (χ2v) is 8.30. The Morgan fingerprint density at radius 2 is 1.89 bits per heavy atom. The molecule has 1 aliphatic heterocycles. The molecule has 0 aromatic heterocycles. The first-order valence-electron chi connectivity index (χ1n) is 7.45. The molecule has 0 spiro atoms. The van der Waals surface area contributed by atoms with Crippen LogP contribution in [0.3, 0.4) is 0 Å². The van der Waals surface area contributed by atoms with Gasteiger partial charge in [-0.05, 0) is 49.2 Å². The van der Waals surface area contributed by atoms with Crippen molar-refractivity contribution in [2.45, 2.75) is 64.5 Å². The molecule has 2 aliphatic rings. The first-order valence-corrected chi connectivity index (χ1v) is 8.60. The molecule has 0 bridgehead atoms. The van der Waals surface area contributed by atoms with Gasteiger partial charge in [-0.1, -0.05) is 20.8 Å². The normalized spacial score (nSPS) is 40.7. The number of thioether (sulfide) groups is 1. The Hall–Kier alpha value is 0.270. The fourth-order valence-corrected chi connectivity index (χ4v) is 4.70. The molecule has 1 heterocycles. The molecule has 3 heteroatoms. The summed E-state index contributed by atoms with van der Waals surface area (Å²) in [6.07, 6.45) is 5.59. The van der Waals surface area contributed by atoms with E-state index in [0.717, 1.165) is 25.3 Å². The standard InChI is InChI=1S/C15H29NOS/c1-12-4-6-15(17,7-5-12)11-16-13-10-18-9-8-14(13,2)3/h12-13,16-17H,4-11H2,1-3H3. The third-order valence-electron chi connectivity index (χ3n) is 5.00. The molecule has 0 radical (unpaired) electrons. The Kier molecular flexibility index (Phi) is 4.66. The van der Waals surface area contributed by atoms with Crippen LogP contribution in [0.2, 0.25) is 0 Å². The molecule has 2 nitrogen and oxygen atoms in total. The summed E-state index contributed by atoms with van der Waals surface area (Å²) < 4.78 is 0. The average Bonchev–Trinajstić information content (AvgIpc) is 2.32. The maximum atomic E-state index is 10.6. The van der Waals surface area contributed by atoms with Gasteiger partial charge in [-0.15, -0.1) is 0 Å². The summed E-state index contributed by atoms with van der Waals surface area (Å²) in [4.78, 5) is 0. The zero-order valence-electron chi connectivity index (χ0n) is 12.2. The van der Waals surface area contributed by atoms with Crippen LogP contribution in [0.15, 0.2) is 0 Å². The Balaban J connectivity index is 1.83. The molecule has 1 saturated carbocycles. The zero-order valence-corrected chi connectivity index (χ0v) is 13.0. The van der Waals surface area contributed by atoms with E-state index in [-0.39, 0.29) is 0 Å². The van der Waals surface area contributed by atoms with Crippen molar-refractivity contribution in [3.05, 3.63) is 0 Å². The van der Waals surface area contributed by atoms with Crippen LogP contribution >= 0.6 is 11.8 Å². The molecule has 2 N–H and O–H groups in total. The van der Waals surface area contributed by atoms with Gasteiger partial charge in [0.05, 0.1) is 5.60 Å². The van der Waals surface area contributed by atoms with Crippen molar-refractivity contribution < 1.29 is 5.11 Å². The van der Waals surface area contributed by atoms with E-state index in [2.05, 4.69) is 26.1 Å². The summed E-state index contributed by atoms with van der Waals surface area (Å²) in [6.45, 7) is 7.80. The van der Waals surface area contributed by atoms with Crippen LogP contribution in [0, 0.1) is 11.3 Å². The van der Waals surface area contributed by atoms with Crippen LogP contribution in [0.4, 0.5) is 0 Å². The lowest BCUT2D eigenvalue weighted by molar-refractivity contribution is -0.0109. The Bertz CT molecular complexity index is 272. The second kappa shape index (κ2) is 5.72. The molecule has 106 valence electrons. The minimum atomic E-state index is -0.440. The molecule has 1 saturated heterocycles. The van der Waals surface area contributed by atoms with Crippen LogP contribution in [-0.2, 0) is 0 Å². The van der Waals surface area contributed by atoms with E-state index in [0.29, 0.717) is 11.5 Å². The quantitative estimate of drug-likeness (QED) is 0.827. The third kappa shape index (κ3) is 3.64. The van der Waals surface area contributed by atoms with Gasteiger partial charge in [0.25, 0.3) is 0 Å². The van der Waals surface area contributed by atoms with Crippen molar-refractivity contribution >= 4 is 11.8 Å². The lowest BCUT2D eigenvalue weighted by Crippen LogP contribution is -2.53. The number of rotatable bonds is 3. The summed E-state index contributed by atoms with van der Waals surface area (Å²) in [7, 11) is 0. The van der Waals surface area contributed by atoms with Gasteiger partial charge in [-0.3, -0.25) is 0 Å². The van der Waals surface area contributed by atoms with Gasteiger partial charge >= 0.3 is 0 Å². The monoisotopic (exact) mass is 271 g/mol.